The summed E-state index contributed by atoms with van der Waals surface area (Å²) in [4.78, 5) is 24.4. The molecule has 1 rings (SSSR count). The minimum absolute atomic E-state index is 0.0395. The van der Waals surface area contributed by atoms with Gasteiger partial charge in [0.25, 0.3) is 0 Å². The molecule has 110 valence electrons. The standard InChI is InChI=1S/C13H18ClN3O3/c1-15-6-3-7-17(2)13(20)16-9-4-5-11(14)10(8-9)12(18)19/h4-5,8,15H,3,6-7H2,1-2H3,(H,16,20)(H,18,19). The molecule has 0 aliphatic heterocycles. The van der Waals surface area contributed by atoms with Gasteiger partial charge in [0.1, 0.15) is 0 Å². The Morgan fingerprint density at radius 2 is 2.10 bits per heavy atom. The van der Waals surface area contributed by atoms with Crippen LogP contribution in [0.1, 0.15) is 16.8 Å². The number of hydrogen-bond donors (Lipinski definition) is 3. The topological polar surface area (TPSA) is 81.7 Å². The zero-order valence-electron chi connectivity index (χ0n) is 11.4. The average molecular weight is 300 g/mol. The van der Waals surface area contributed by atoms with Gasteiger partial charge in [-0.15, -0.1) is 0 Å². The van der Waals surface area contributed by atoms with Crippen molar-refractivity contribution in [2.24, 2.45) is 0 Å². The summed E-state index contributed by atoms with van der Waals surface area (Å²) in [7, 11) is 3.53. The zero-order valence-corrected chi connectivity index (χ0v) is 12.2. The second-order valence-corrected chi connectivity index (χ2v) is 4.72. The number of halogens is 1. The van der Waals surface area contributed by atoms with Crippen molar-refractivity contribution in [1.82, 2.24) is 10.2 Å². The summed E-state index contributed by atoms with van der Waals surface area (Å²) >= 11 is 5.76. The molecule has 0 spiro atoms. The largest absolute Gasteiger partial charge is 0.478 e. The van der Waals surface area contributed by atoms with Crippen LogP contribution in [0.3, 0.4) is 0 Å². The van der Waals surface area contributed by atoms with E-state index in [-0.39, 0.29) is 16.6 Å². The maximum absolute atomic E-state index is 11.9. The van der Waals surface area contributed by atoms with Gasteiger partial charge in [0.05, 0.1) is 10.6 Å². The summed E-state index contributed by atoms with van der Waals surface area (Å²) in [5.41, 5.74) is 0.361. The second-order valence-electron chi connectivity index (χ2n) is 4.31. The number of carbonyl (C=O) groups excluding carboxylic acids is 1. The summed E-state index contributed by atoms with van der Waals surface area (Å²) < 4.78 is 0. The van der Waals surface area contributed by atoms with Gasteiger partial charge in [-0.05, 0) is 38.2 Å². The minimum Gasteiger partial charge on any atom is -0.478 e. The first kappa shape index (κ1) is 16.3. The minimum atomic E-state index is -1.13. The number of carboxylic acids is 1. The van der Waals surface area contributed by atoms with E-state index >= 15 is 0 Å². The van der Waals surface area contributed by atoms with E-state index in [1.54, 1.807) is 13.1 Å². The Hall–Kier alpha value is -1.79. The van der Waals surface area contributed by atoms with E-state index in [4.69, 9.17) is 16.7 Å². The highest BCUT2D eigenvalue weighted by Gasteiger charge is 2.12. The van der Waals surface area contributed by atoms with Crippen molar-refractivity contribution >= 4 is 29.3 Å². The van der Waals surface area contributed by atoms with Gasteiger partial charge in [0, 0.05) is 19.3 Å². The van der Waals surface area contributed by atoms with Crippen molar-refractivity contribution in [3.63, 3.8) is 0 Å². The molecule has 1 aromatic carbocycles. The average Bonchev–Trinajstić information content (AvgIpc) is 2.40. The first-order chi connectivity index (χ1) is 9.45. The number of nitrogens with zero attached hydrogens (tertiary/aromatic N) is 1. The van der Waals surface area contributed by atoms with Crippen molar-refractivity contribution in [2.45, 2.75) is 6.42 Å². The van der Waals surface area contributed by atoms with Crippen molar-refractivity contribution < 1.29 is 14.7 Å². The SMILES string of the molecule is CNCCCN(C)C(=O)Nc1ccc(Cl)c(C(=O)O)c1. The third-order valence-electron chi connectivity index (χ3n) is 2.72. The van der Waals surface area contributed by atoms with Crippen LogP contribution in [0.2, 0.25) is 5.02 Å². The summed E-state index contributed by atoms with van der Waals surface area (Å²) in [6.07, 6.45) is 0.835. The van der Waals surface area contributed by atoms with Gasteiger partial charge in [0.15, 0.2) is 0 Å². The van der Waals surface area contributed by atoms with E-state index in [1.807, 2.05) is 7.05 Å². The smallest absolute Gasteiger partial charge is 0.337 e. The van der Waals surface area contributed by atoms with E-state index < -0.39 is 5.97 Å². The van der Waals surface area contributed by atoms with Gasteiger partial charge in [-0.2, -0.15) is 0 Å². The predicted octanol–water partition coefficient (Wildman–Crippen LogP) is 2.11. The van der Waals surface area contributed by atoms with Gasteiger partial charge >= 0.3 is 12.0 Å². The van der Waals surface area contributed by atoms with Gasteiger partial charge in [0.2, 0.25) is 0 Å². The fraction of sp³-hybridized carbons (Fsp3) is 0.385. The molecule has 1 aromatic rings. The molecule has 0 heterocycles. The van der Waals surface area contributed by atoms with Gasteiger partial charge < -0.3 is 20.6 Å². The number of benzene rings is 1. The number of anilines is 1. The fourth-order valence-electron chi connectivity index (χ4n) is 1.58. The molecule has 7 heteroatoms. The lowest BCUT2D eigenvalue weighted by atomic mass is 10.2. The normalized spacial score (nSPS) is 10.2. The van der Waals surface area contributed by atoms with Crippen molar-refractivity contribution in [2.75, 3.05) is 32.5 Å². The summed E-state index contributed by atoms with van der Waals surface area (Å²) in [6.45, 7) is 1.42. The van der Waals surface area contributed by atoms with Crippen molar-refractivity contribution in [3.8, 4) is 0 Å². The summed E-state index contributed by atoms with van der Waals surface area (Å²) in [6, 6.07) is 4.06. The van der Waals surface area contributed by atoms with Crippen LogP contribution >= 0.6 is 11.6 Å². The maximum Gasteiger partial charge on any atom is 0.337 e. The first-order valence-electron chi connectivity index (χ1n) is 6.15. The highest BCUT2D eigenvalue weighted by molar-refractivity contribution is 6.33. The number of rotatable bonds is 6. The molecular formula is C13H18ClN3O3. The van der Waals surface area contributed by atoms with Crippen LogP contribution in [-0.4, -0.2) is 49.2 Å². The molecule has 0 bridgehead atoms. The van der Waals surface area contributed by atoms with E-state index in [0.29, 0.717) is 12.2 Å². The van der Waals surface area contributed by atoms with Crippen LogP contribution in [0.4, 0.5) is 10.5 Å². The molecule has 0 saturated carbocycles. The van der Waals surface area contributed by atoms with Crippen LogP contribution in [-0.2, 0) is 0 Å². The number of hydrogen-bond acceptors (Lipinski definition) is 3. The molecule has 0 unspecified atom stereocenters. The van der Waals surface area contributed by atoms with E-state index in [2.05, 4.69) is 10.6 Å². The molecule has 0 fully saturated rings. The Bertz CT molecular complexity index is 494. The van der Waals surface area contributed by atoms with Crippen molar-refractivity contribution in [3.05, 3.63) is 28.8 Å². The molecule has 0 atom stereocenters. The fourth-order valence-corrected chi connectivity index (χ4v) is 1.78. The number of aromatic carboxylic acids is 1. The van der Waals surface area contributed by atoms with Crippen LogP contribution < -0.4 is 10.6 Å². The summed E-state index contributed by atoms with van der Waals surface area (Å²) in [5, 5.41) is 14.7. The number of carboxylic acid groups (broad SMARTS) is 1. The molecule has 0 aliphatic carbocycles. The second kappa shape index (κ2) is 7.72. The van der Waals surface area contributed by atoms with Gasteiger partial charge in [-0.25, -0.2) is 9.59 Å². The van der Waals surface area contributed by atoms with E-state index in [1.165, 1.54) is 17.0 Å². The Kier molecular flexibility index (Phi) is 6.27. The van der Waals surface area contributed by atoms with Crippen LogP contribution in [0.15, 0.2) is 18.2 Å². The Morgan fingerprint density at radius 1 is 1.40 bits per heavy atom. The molecule has 2 amide bonds. The Balaban J connectivity index is 2.66. The molecule has 20 heavy (non-hydrogen) atoms. The molecule has 0 aliphatic rings. The van der Waals surface area contributed by atoms with E-state index in [0.717, 1.165) is 13.0 Å². The number of amides is 2. The highest BCUT2D eigenvalue weighted by Crippen LogP contribution is 2.20. The number of nitrogens with one attached hydrogen (secondary N) is 2. The lowest BCUT2D eigenvalue weighted by Gasteiger charge is -2.18. The predicted molar refractivity (Wildman–Crippen MR) is 78.6 cm³/mol. The first-order valence-corrected chi connectivity index (χ1v) is 6.53. The monoisotopic (exact) mass is 299 g/mol. The lowest BCUT2D eigenvalue weighted by molar-refractivity contribution is 0.0697. The van der Waals surface area contributed by atoms with E-state index in [9.17, 15) is 9.59 Å². The number of urea groups is 1. The molecule has 3 N–H and O–H groups in total. The van der Waals surface area contributed by atoms with Crippen LogP contribution in [0.5, 0.6) is 0 Å². The maximum atomic E-state index is 11.9. The third kappa shape index (κ3) is 4.71. The lowest BCUT2D eigenvalue weighted by Crippen LogP contribution is -2.33. The summed E-state index contributed by atoms with van der Waals surface area (Å²) in [5.74, 6) is -1.13. The Labute approximate surface area is 122 Å². The third-order valence-corrected chi connectivity index (χ3v) is 3.04. The molecule has 0 aromatic heterocycles. The highest BCUT2D eigenvalue weighted by atomic mass is 35.5. The zero-order chi connectivity index (χ0) is 15.1. The quantitative estimate of drug-likeness (QED) is 0.703. The molecular weight excluding hydrogens is 282 g/mol. The number of carbonyl (C=O) groups is 2. The van der Waals surface area contributed by atoms with Crippen molar-refractivity contribution in [1.29, 1.82) is 0 Å². The van der Waals surface area contributed by atoms with Crippen LogP contribution in [0, 0.1) is 0 Å². The van der Waals surface area contributed by atoms with Gasteiger partial charge in [-0.1, -0.05) is 11.6 Å². The Morgan fingerprint density at radius 3 is 2.70 bits per heavy atom. The molecule has 6 nitrogen and oxygen atoms in total. The molecule has 0 radical (unpaired) electrons. The van der Waals surface area contributed by atoms with Crippen LogP contribution in [0.25, 0.3) is 0 Å². The molecule has 0 saturated heterocycles. The van der Waals surface area contributed by atoms with Gasteiger partial charge in [-0.3, -0.25) is 0 Å².